The minimum atomic E-state index is -0.600. The first-order chi connectivity index (χ1) is 13.6. The summed E-state index contributed by atoms with van der Waals surface area (Å²) in [5.41, 5.74) is 3.09. The molecular formula is C23H28N2O3S. The summed E-state index contributed by atoms with van der Waals surface area (Å²) in [4.78, 5) is 18.2. The van der Waals surface area contributed by atoms with E-state index in [9.17, 15) is 4.79 Å². The molecule has 0 saturated carbocycles. The summed E-state index contributed by atoms with van der Waals surface area (Å²) in [5.74, 6) is 1.33. The Morgan fingerprint density at radius 2 is 2.03 bits per heavy atom. The van der Waals surface area contributed by atoms with Crippen LogP contribution in [0.3, 0.4) is 0 Å². The summed E-state index contributed by atoms with van der Waals surface area (Å²) in [5, 5.41) is 3.78. The van der Waals surface area contributed by atoms with E-state index in [4.69, 9.17) is 9.15 Å². The number of ether oxygens (including phenoxy) is 1. The first kappa shape index (κ1) is 21.1. The van der Waals surface area contributed by atoms with E-state index in [1.807, 2.05) is 31.2 Å². The molecule has 5 nitrogen and oxygen atoms in total. The molecule has 1 amide bonds. The Kier molecular flexibility index (Phi) is 6.13. The van der Waals surface area contributed by atoms with Crippen molar-refractivity contribution >= 4 is 17.2 Å². The molecule has 1 aromatic carbocycles. The van der Waals surface area contributed by atoms with Gasteiger partial charge >= 0.3 is 0 Å². The second kappa shape index (κ2) is 8.41. The number of aromatic nitrogens is 1. The van der Waals surface area contributed by atoms with Crippen LogP contribution in [0.25, 0.3) is 10.8 Å². The lowest BCUT2D eigenvalue weighted by molar-refractivity contribution is -0.127. The molecular weight excluding hydrogens is 384 g/mol. The lowest BCUT2D eigenvalue weighted by Gasteiger charge is -2.25. The van der Waals surface area contributed by atoms with E-state index in [2.05, 4.69) is 44.1 Å². The fourth-order valence-corrected chi connectivity index (χ4v) is 3.96. The van der Waals surface area contributed by atoms with Crippen molar-refractivity contribution in [1.82, 2.24) is 10.3 Å². The van der Waals surface area contributed by atoms with Crippen LogP contribution >= 0.6 is 11.3 Å². The van der Waals surface area contributed by atoms with Gasteiger partial charge in [-0.25, -0.2) is 4.98 Å². The number of rotatable bonds is 6. The van der Waals surface area contributed by atoms with Crippen LogP contribution in [-0.4, -0.2) is 17.0 Å². The zero-order valence-electron chi connectivity index (χ0n) is 17.8. The van der Waals surface area contributed by atoms with Gasteiger partial charge < -0.3 is 14.5 Å². The molecule has 1 N–H and O–H groups in total. The van der Waals surface area contributed by atoms with Crippen LogP contribution in [0.4, 0.5) is 0 Å². The van der Waals surface area contributed by atoms with Crippen LogP contribution in [0, 0.1) is 13.8 Å². The number of benzene rings is 1. The summed E-state index contributed by atoms with van der Waals surface area (Å²) in [6.07, 6.45) is 1.03. The zero-order valence-corrected chi connectivity index (χ0v) is 18.6. The highest BCUT2D eigenvalue weighted by molar-refractivity contribution is 7.15. The average molecular weight is 413 g/mol. The number of thiazole rings is 1. The Hall–Kier alpha value is -2.60. The summed E-state index contributed by atoms with van der Waals surface area (Å²) < 4.78 is 11.4. The molecule has 0 fully saturated rings. The number of amides is 1. The Labute approximate surface area is 176 Å². The second-order valence-electron chi connectivity index (χ2n) is 8.23. The monoisotopic (exact) mass is 412 g/mol. The molecule has 2 aromatic heterocycles. The van der Waals surface area contributed by atoms with Crippen molar-refractivity contribution in [1.29, 1.82) is 0 Å². The Morgan fingerprint density at radius 3 is 2.69 bits per heavy atom. The predicted octanol–water partition coefficient (Wildman–Crippen LogP) is 5.40. The summed E-state index contributed by atoms with van der Waals surface area (Å²) in [7, 11) is 0. The van der Waals surface area contributed by atoms with Gasteiger partial charge in [0.25, 0.3) is 5.91 Å². The van der Waals surface area contributed by atoms with Gasteiger partial charge in [-0.15, -0.1) is 11.3 Å². The number of carbonyl (C=O) groups excluding carboxylic acids is 1. The highest BCUT2D eigenvalue weighted by Crippen LogP contribution is 2.33. The van der Waals surface area contributed by atoms with E-state index >= 15 is 0 Å². The maximum atomic E-state index is 12.6. The third-order valence-corrected chi connectivity index (χ3v) is 5.84. The highest BCUT2D eigenvalue weighted by Gasteiger charge is 2.23. The highest BCUT2D eigenvalue weighted by atomic mass is 32.1. The first-order valence-electron chi connectivity index (χ1n) is 9.71. The van der Waals surface area contributed by atoms with Crippen LogP contribution in [0.5, 0.6) is 5.75 Å². The van der Waals surface area contributed by atoms with Gasteiger partial charge in [-0.3, -0.25) is 4.79 Å². The molecule has 0 radical (unpaired) electrons. The molecule has 0 saturated heterocycles. The van der Waals surface area contributed by atoms with Crippen LogP contribution < -0.4 is 10.1 Å². The van der Waals surface area contributed by atoms with Crippen LogP contribution in [-0.2, 0) is 16.8 Å². The van der Waals surface area contributed by atoms with E-state index in [1.54, 1.807) is 13.2 Å². The SMILES string of the molecule is Cc1ccc(OC(C)C(=O)NCc2sc(-c3ccco3)nc2C)c(C(C)(C)C)c1. The van der Waals surface area contributed by atoms with Gasteiger partial charge in [-0.05, 0) is 49.9 Å². The number of furan rings is 1. The molecule has 6 heteroatoms. The van der Waals surface area contributed by atoms with Crippen LogP contribution in [0.15, 0.2) is 41.0 Å². The molecule has 1 unspecified atom stereocenters. The summed E-state index contributed by atoms with van der Waals surface area (Å²) in [6, 6.07) is 9.79. The van der Waals surface area contributed by atoms with Crippen molar-refractivity contribution in [3.63, 3.8) is 0 Å². The van der Waals surface area contributed by atoms with Gasteiger partial charge in [-0.2, -0.15) is 0 Å². The van der Waals surface area contributed by atoms with Crippen molar-refractivity contribution in [3.8, 4) is 16.5 Å². The number of aryl methyl sites for hydroxylation is 2. The molecule has 3 aromatic rings. The minimum absolute atomic E-state index is 0.0699. The Morgan fingerprint density at radius 1 is 1.28 bits per heavy atom. The van der Waals surface area contributed by atoms with Gasteiger partial charge in [0.05, 0.1) is 18.5 Å². The molecule has 1 atom stereocenters. The van der Waals surface area contributed by atoms with E-state index in [-0.39, 0.29) is 11.3 Å². The molecule has 0 aliphatic heterocycles. The van der Waals surface area contributed by atoms with Gasteiger partial charge in [-0.1, -0.05) is 38.5 Å². The number of nitrogens with zero attached hydrogens (tertiary/aromatic N) is 1. The summed E-state index contributed by atoms with van der Waals surface area (Å²) in [6.45, 7) is 12.6. The number of hydrogen-bond acceptors (Lipinski definition) is 5. The molecule has 154 valence electrons. The number of nitrogens with one attached hydrogen (secondary N) is 1. The Balaban J connectivity index is 1.65. The zero-order chi connectivity index (χ0) is 21.2. The van der Waals surface area contributed by atoms with Gasteiger partial charge in [0.15, 0.2) is 16.9 Å². The lowest BCUT2D eigenvalue weighted by atomic mass is 9.85. The first-order valence-corrected chi connectivity index (χ1v) is 10.5. The van der Waals surface area contributed by atoms with E-state index < -0.39 is 6.10 Å². The van der Waals surface area contributed by atoms with Gasteiger partial charge in [0, 0.05) is 4.88 Å². The van der Waals surface area contributed by atoms with Crippen molar-refractivity contribution in [2.45, 2.75) is 59.6 Å². The van der Waals surface area contributed by atoms with Crippen molar-refractivity contribution < 1.29 is 13.9 Å². The summed E-state index contributed by atoms with van der Waals surface area (Å²) >= 11 is 1.52. The fraction of sp³-hybridized carbons (Fsp3) is 0.391. The smallest absolute Gasteiger partial charge is 0.261 e. The topological polar surface area (TPSA) is 64.4 Å². The predicted molar refractivity (Wildman–Crippen MR) is 116 cm³/mol. The molecule has 2 heterocycles. The van der Waals surface area contributed by atoms with Crippen molar-refractivity contribution in [2.75, 3.05) is 0 Å². The maximum Gasteiger partial charge on any atom is 0.261 e. The molecule has 3 rings (SSSR count). The largest absolute Gasteiger partial charge is 0.481 e. The molecule has 0 spiro atoms. The van der Waals surface area contributed by atoms with Gasteiger partial charge in [0.1, 0.15) is 5.75 Å². The molecule has 29 heavy (non-hydrogen) atoms. The van der Waals surface area contributed by atoms with E-state index in [0.717, 1.165) is 32.7 Å². The molecule has 0 aliphatic carbocycles. The standard InChI is InChI=1S/C23H28N2O3S/c1-14-9-10-18(17(12-14)23(4,5)6)28-16(3)21(26)24-13-20-15(2)25-22(29-20)19-8-7-11-27-19/h7-12,16H,13H2,1-6H3,(H,24,26). The number of carbonyl (C=O) groups is 1. The normalized spacial score (nSPS) is 12.6. The van der Waals surface area contributed by atoms with Crippen LogP contribution in [0.1, 0.15) is 49.4 Å². The number of hydrogen-bond donors (Lipinski definition) is 1. The molecule has 0 bridgehead atoms. The third kappa shape index (κ3) is 5.07. The second-order valence-corrected chi connectivity index (χ2v) is 9.32. The van der Waals surface area contributed by atoms with Crippen LogP contribution in [0.2, 0.25) is 0 Å². The molecule has 0 aliphatic rings. The van der Waals surface area contributed by atoms with Gasteiger partial charge in [0.2, 0.25) is 0 Å². The fourth-order valence-electron chi connectivity index (χ4n) is 2.99. The van der Waals surface area contributed by atoms with Crippen molar-refractivity contribution in [3.05, 3.63) is 58.3 Å². The van der Waals surface area contributed by atoms with E-state index in [0.29, 0.717) is 6.54 Å². The minimum Gasteiger partial charge on any atom is -0.481 e. The third-order valence-electron chi connectivity index (χ3n) is 4.66. The maximum absolute atomic E-state index is 12.6. The average Bonchev–Trinajstić information content (AvgIpc) is 3.30. The lowest BCUT2D eigenvalue weighted by Crippen LogP contribution is -2.36. The quantitative estimate of drug-likeness (QED) is 0.589. The Bertz CT molecular complexity index is 984. The van der Waals surface area contributed by atoms with E-state index in [1.165, 1.54) is 16.9 Å². The van der Waals surface area contributed by atoms with Crippen molar-refractivity contribution in [2.24, 2.45) is 0 Å².